The van der Waals surface area contributed by atoms with Gasteiger partial charge in [-0.3, -0.25) is 0 Å². The Kier molecular flexibility index (Phi) is 7.62. The van der Waals surface area contributed by atoms with Crippen molar-refractivity contribution in [1.82, 2.24) is 9.62 Å². The number of nitrogens with one attached hydrogen (secondary N) is 1. The molecule has 0 rings (SSSR count). The van der Waals surface area contributed by atoms with E-state index in [0.29, 0.717) is 13.1 Å². The van der Waals surface area contributed by atoms with E-state index in [4.69, 9.17) is 0 Å². The van der Waals surface area contributed by atoms with E-state index in [0.717, 1.165) is 19.5 Å². The first-order chi connectivity index (χ1) is 7.38. The molecule has 0 aliphatic rings. The van der Waals surface area contributed by atoms with E-state index in [2.05, 4.69) is 25.2 Å². The lowest BCUT2D eigenvalue weighted by Crippen LogP contribution is -2.32. The molecule has 0 aliphatic heterocycles. The van der Waals surface area contributed by atoms with E-state index < -0.39 is 10.0 Å². The standard InChI is InChI=1S/C11H24N2O2S/c1-5-13(16(4,14)15)10-6-8-12-9-7-11(2)3/h7,12H,5-6,8-10H2,1-4H3. The molecule has 0 saturated heterocycles. The first-order valence-electron chi connectivity index (χ1n) is 5.67. The van der Waals surface area contributed by atoms with Crippen LogP contribution in [0.15, 0.2) is 11.6 Å². The van der Waals surface area contributed by atoms with E-state index in [9.17, 15) is 8.42 Å². The Bertz CT molecular complexity index is 306. The molecule has 4 nitrogen and oxygen atoms in total. The Hall–Kier alpha value is -0.390. The van der Waals surface area contributed by atoms with Gasteiger partial charge >= 0.3 is 0 Å². The molecule has 0 aromatic carbocycles. The van der Waals surface area contributed by atoms with Crippen LogP contribution in [-0.2, 0) is 10.0 Å². The molecule has 0 unspecified atom stereocenters. The van der Waals surface area contributed by atoms with Gasteiger partial charge in [0.05, 0.1) is 6.26 Å². The molecule has 1 N–H and O–H groups in total. The van der Waals surface area contributed by atoms with E-state index in [1.807, 2.05) is 6.92 Å². The van der Waals surface area contributed by atoms with Crippen LogP contribution >= 0.6 is 0 Å². The highest BCUT2D eigenvalue weighted by Gasteiger charge is 2.12. The molecule has 16 heavy (non-hydrogen) atoms. The molecule has 0 atom stereocenters. The summed E-state index contributed by atoms with van der Waals surface area (Å²) in [5, 5.41) is 3.25. The van der Waals surface area contributed by atoms with Crippen molar-refractivity contribution in [2.45, 2.75) is 27.2 Å². The summed E-state index contributed by atoms with van der Waals surface area (Å²) in [6.07, 6.45) is 4.22. The molecule has 0 bridgehead atoms. The van der Waals surface area contributed by atoms with Crippen molar-refractivity contribution in [2.24, 2.45) is 0 Å². The number of allylic oxidation sites excluding steroid dienone is 1. The van der Waals surface area contributed by atoms with Gasteiger partial charge in [0.25, 0.3) is 0 Å². The van der Waals surface area contributed by atoms with E-state index in [1.54, 1.807) is 0 Å². The summed E-state index contributed by atoms with van der Waals surface area (Å²) in [6.45, 7) is 8.82. The largest absolute Gasteiger partial charge is 0.313 e. The maximum atomic E-state index is 11.3. The van der Waals surface area contributed by atoms with Crippen molar-refractivity contribution < 1.29 is 8.42 Å². The van der Waals surface area contributed by atoms with Crippen LogP contribution in [0.4, 0.5) is 0 Å². The first kappa shape index (κ1) is 15.6. The number of rotatable bonds is 8. The van der Waals surface area contributed by atoms with Gasteiger partial charge in [-0.25, -0.2) is 12.7 Å². The summed E-state index contributed by atoms with van der Waals surface area (Å²) in [7, 11) is -3.03. The maximum absolute atomic E-state index is 11.3. The van der Waals surface area contributed by atoms with E-state index in [1.165, 1.54) is 16.1 Å². The highest BCUT2D eigenvalue weighted by Crippen LogP contribution is 1.98. The highest BCUT2D eigenvalue weighted by molar-refractivity contribution is 7.88. The summed E-state index contributed by atoms with van der Waals surface area (Å²) in [6, 6.07) is 0. The quantitative estimate of drug-likeness (QED) is 0.519. The lowest BCUT2D eigenvalue weighted by molar-refractivity contribution is 0.421. The molecule has 0 spiro atoms. The number of sulfonamides is 1. The minimum absolute atomic E-state index is 0.548. The van der Waals surface area contributed by atoms with Crippen LogP contribution in [0.5, 0.6) is 0 Å². The van der Waals surface area contributed by atoms with Gasteiger partial charge in [-0.15, -0.1) is 0 Å². The average molecular weight is 248 g/mol. The topological polar surface area (TPSA) is 49.4 Å². The van der Waals surface area contributed by atoms with Crippen molar-refractivity contribution >= 4 is 10.0 Å². The predicted molar refractivity (Wildman–Crippen MR) is 69.0 cm³/mol. The Morgan fingerprint density at radius 3 is 2.44 bits per heavy atom. The molecule has 0 aromatic rings. The van der Waals surface area contributed by atoms with Crippen LogP contribution in [0.2, 0.25) is 0 Å². The molecule has 0 fully saturated rings. The summed E-state index contributed by atoms with van der Waals surface area (Å²) in [5.74, 6) is 0. The second-order valence-electron chi connectivity index (χ2n) is 4.09. The van der Waals surface area contributed by atoms with Crippen LogP contribution in [0.1, 0.15) is 27.2 Å². The molecule has 0 aliphatic carbocycles. The zero-order valence-corrected chi connectivity index (χ0v) is 11.6. The van der Waals surface area contributed by atoms with Gasteiger partial charge in [0.15, 0.2) is 0 Å². The third-order valence-electron chi connectivity index (χ3n) is 2.24. The van der Waals surface area contributed by atoms with E-state index >= 15 is 0 Å². The Labute approximate surface area is 99.8 Å². The SMILES string of the molecule is CCN(CCCNCC=C(C)C)S(C)(=O)=O. The van der Waals surface area contributed by atoms with Crippen LogP contribution < -0.4 is 5.32 Å². The normalized spacial score (nSPS) is 11.8. The molecule has 0 amide bonds. The van der Waals surface area contributed by atoms with Crippen molar-refractivity contribution in [3.63, 3.8) is 0 Å². The van der Waals surface area contributed by atoms with Crippen LogP contribution in [0, 0.1) is 0 Å². The zero-order valence-electron chi connectivity index (χ0n) is 10.8. The van der Waals surface area contributed by atoms with Gasteiger partial charge in [-0.05, 0) is 26.8 Å². The molecular formula is C11H24N2O2S. The fraction of sp³-hybridized carbons (Fsp3) is 0.818. The number of hydrogen-bond donors (Lipinski definition) is 1. The summed E-state index contributed by atoms with van der Waals surface area (Å²) >= 11 is 0. The Balaban J connectivity index is 3.69. The second kappa shape index (κ2) is 7.81. The van der Waals surface area contributed by atoms with Crippen molar-refractivity contribution in [1.29, 1.82) is 0 Å². The van der Waals surface area contributed by atoms with Gasteiger partial charge in [0, 0.05) is 19.6 Å². The first-order valence-corrected chi connectivity index (χ1v) is 7.52. The Morgan fingerprint density at radius 2 is 2.00 bits per heavy atom. The monoisotopic (exact) mass is 248 g/mol. The number of hydrogen-bond acceptors (Lipinski definition) is 3. The fourth-order valence-corrected chi connectivity index (χ4v) is 2.25. The average Bonchev–Trinajstić information content (AvgIpc) is 2.14. The van der Waals surface area contributed by atoms with Crippen LogP contribution in [-0.4, -0.2) is 45.2 Å². The Morgan fingerprint density at radius 1 is 1.38 bits per heavy atom. The molecule has 0 aromatic heterocycles. The third kappa shape index (κ3) is 7.84. The summed E-state index contributed by atoms with van der Waals surface area (Å²) in [4.78, 5) is 0. The van der Waals surface area contributed by atoms with Gasteiger partial charge in [0.2, 0.25) is 10.0 Å². The molecular weight excluding hydrogens is 224 g/mol. The van der Waals surface area contributed by atoms with Crippen molar-refractivity contribution in [2.75, 3.05) is 32.4 Å². The van der Waals surface area contributed by atoms with Crippen LogP contribution in [0.3, 0.4) is 0 Å². The highest BCUT2D eigenvalue weighted by atomic mass is 32.2. The van der Waals surface area contributed by atoms with Gasteiger partial charge in [-0.1, -0.05) is 18.6 Å². The van der Waals surface area contributed by atoms with Crippen LogP contribution in [0.25, 0.3) is 0 Å². The maximum Gasteiger partial charge on any atom is 0.211 e. The lowest BCUT2D eigenvalue weighted by atomic mass is 10.3. The molecule has 0 heterocycles. The zero-order chi connectivity index (χ0) is 12.6. The third-order valence-corrected chi connectivity index (χ3v) is 3.62. The summed E-state index contributed by atoms with van der Waals surface area (Å²) < 4.78 is 24.0. The smallest absolute Gasteiger partial charge is 0.211 e. The second-order valence-corrected chi connectivity index (χ2v) is 6.08. The minimum Gasteiger partial charge on any atom is -0.313 e. The van der Waals surface area contributed by atoms with Crippen molar-refractivity contribution in [3.8, 4) is 0 Å². The minimum atomic E-state index is -3.03. The predicted octanol–water partition coefficient (Wildman–Crippen LogP) is 1.21. The summed E-state index contributed by atoms with van der Waals surface area (Å²) in [5.41, 5.74) is 1.29. The fourth-order valence-electron chi connectivity index (χ4n) is 1.32. The molecule has 5 heteroatoms. The lowest BCUT2D eigenvalue weighted by Gasteiger charge is -2.17. The van der Waals surface area contributed by atoms with Gasteiger partial charge in [0.1, 0.15) is 0 Å². The van der Waals surface area contributed by atoms with Gasteiger partial charge < -0.3 is 5.32 Å². The van der Waals surface area contributed by atoms with Crippen molar-refractivity contribution in [3.05, 3.63) is 11.6 Å². The molecule has 0 saturated carbocycles. The molecule has 96 valence electrons. The number of nitrogens with zero attached hydrogens (tertiary/aromatic N) is 1. The van der Waals surface area contributed by atoms with E-state index in [-0.39, 0.29) is 0 Å². The molecule has 0 radical (unpaired) electrons. The van der Waals surface area contributed by atoms with Gasteiger partial charge in [-0.2, -0.15) is 0 Å².